The standard InChI is InChI=1S/C14H18N2O5/c1-16(10-2-4-11(17)5-3-10)13(20)15-14(12(18)19)6-8-21-9-7-14/h2-5,17H,6-9H2,1H3,(H,15,20)(H,18,19). The normalized spacial score (nSPS) is 17.0. The zero-order valence-corrected chi connectivity index (χ0v) is 11.7. The number of carboxylic acids is 1. The molecule has 1 fully saturated rings. The molecule has 7 heteroatoms. The van der Waals surface area contributed by atoms with Crippen LogP contribution in [0.2, 0.25) is 0 Å². The molecule has 0 atom stereocenters. The molecule has 0 aliphatic carbocycles. The number of carbonyl (C=O) groups is 2. The van der Waals surface area contributed by atoms with Gasteiger partial charge in [-0.1, -0.05) is 0 Å². The second kappa shape index (κ2) is 6.01. The third-order valence-electron chi connectivity index (χ3n) is 3.64. The number of urea groups is 1. The van der Waals surface area contributed by atoms with Crippen molar-refractivity contribution in [2.75, 3.05) is 25.2 Å². The summed E-state index contributed by atoms with van der Waals surface area (Å²) in [5.41, 5.74) is -0.738. The monoisotopic (exact) mass is 294 g/mol. The van der Waals surface area contributed by atoms with Gasteiger partial charge >= 0.3 is 12.0 Å². The molecule has 0 radical (unpaired) electrons. The van der Waals surface area contributed by atoms with E-state index < -0.39 is 17.5 Å². The number of hydrogen-bond donors (Lipinski definition) is 3. The Morgan fingerprint density at radius 2 is 1.81 bits per heavy atom. The van der Waals surface area contributed by atoms with Crippen LogP contribution in [0.1, 0.15) is 12.8 Å². The van der Waals surface area contributed by atoms with Gasteiger partial charge in [-0.2, -0.15) is 0 Å². The van der Waals surface area contributed by atoms with Gasteiger partial charge in [-0.25, -0.2) is 9.59 Å². The first-order valence-electron chi connectivity index (χ1n) is 6.61. The fourth-order valence-corrected chi connectivity index (χ4v) is 2.19. The molecule has 0 unspecified atom stereocenters. The number of amides is 2. The van der Waals surface area contributed by atoms with E-state index in [4.69, 9.17) is 4.74 Å². The van der Waals surface area contributed by atoms with Gasteiger partial charge in [0.05, 0.1) is 0 Å². The van der Waals surface area contributed by atoms with Crippen LogP contribution in [0.25, 0.3) is 0 Å². The Hall–Kier alpha value is -2.28. The molecule has 114 valence electrons. The van der Waals surface area contributed by atoms with E-state index in [1.54, 1.807) is 12.1 Å². The lowest BCUT2D eigenvalue weighted by molar-refractivity contribution is -0.148. The van der Waals surface area contributed by atoms with Gasteiger partial charge in [-0.15, -0.1) is 0 Å². The largest absolute Gasteiger partial charge is 0.508 e. The van der Waals surface area contributed by atoms with E-state index in [9.17, 15) is 19.8 Å². The number of nitrogens with one attached hydrogen (secondary N) is 1. The van der Waals surface area contributed by atoms with E-state index in [-0.39, 0.29) is 18.6 Å². The number of rotatable bonds is 3. The molecular weight excluding hydrogens is 276 g/mol. The van der Waals surface area contributed by atoms with Crippen molar-refractivity contribution in [1.82, 2.24) is 5.32 Å². The highest BCUT2D eigenvalue weighted by Gasteiger charge is 2.42. The topological polar surface area (TPSA) is 99.1 Å². The molecule has 7 nitrogen and oxygen atoms in total. The number of phenols is 1. The highest BCUT2D eigenvalue weighted by Crippen LogP contribution is 2.23. The van der Waals surface area contributed by atoms with Crippen molar-refractivity contribution in [2.24, 2.45) is 0 Å². The number of ether oxygens (including phenoxy) is 1. The number of hydrogen-bond acceptors (Lipinski definition) is 4. The average Bonchev–Trinajstić information content (AvgIpc) is 2.48. The predicted molar refractivity (Wildman–Crippen MR) is 75.5 cm³/mol. The minimum atomic E-state index is -1.29. The van der Waals surface area contributed by atoms with Gasteiger partial charge in [0.2, 0.25) is 0 Å². The van der Waals surface area contributed by atoms with Gasteiger partial charge in [0.1, 0.15) is 11.3 Å². The lowest BCUT2D eigenvalue weighted by Crippen LogP contribution is -2.59. The molecule has 0 saturated carbocycles. The fourth-order valence-electron chi connectivity index (χ4n) is 2.19. The summed E-state index contributed by atoms with van der Waals surface area (Å²) in [5, 5.41) is 21.2. The first-order valence-corrected chi connectivity index (χ1v) is 6.61. The summed E-state index contributed by atoms with van der Waals surface area (Å²) < 4.78 is 5.16. The van der Waals surface area contributed by atoms with Gasteiger partial charge in [0, 0.05) is 38.8 Å². The third-order valence-corrected chi connectivity index (χ3v) is 3.64. The molecule has 0 spiro atoms. The zero-order valence-electron chi connectivity index (χ0n) is 11.7. The molecule has 1 saturated heterocycles. The van der Waals surface area contributed by atoms with E-state index in [0.717, 1.165) is 0 Å². The summed E-state index contributed by atoms with van der Waals surface area (Å²) in [4.78, 5) is 25.1. The number of carboxylic acid groups (broad SMARTS) is 1. The maximum atomic E-state index is 12.3. The molecule has 1 aromatic rings. The Labute approximate surface area is 122 Å². The van der Waals surface area contributed by atoms with E-state index >= 15 is 0 Å². The van der Waals surface area contributed by atoms with Crippen molar-refractivity contribution < 1.29 is 24.5 Å². The Kier molecular flexibility index (Phi) is 4.32. The summed E-state index contributed by atoms with van der Waals surface area (Å²) in [6, 6.07) is 5.56. The van der Waals surface area contributed by atoms with Crippen LogP contribution in [0.4, 0.5) is 10.5 Å². The Balaban J connectivity index is 2.11. The molecule has 0 bridgehead atoms. The fraction of sp³-hybridized carbons (Fsp3) is 0.429. The van der Waals surface area contributed by atoms with Crippen LogP contribution in [-0.4, -0.2) is 48.0 Å². The molecule has 1 aromatic carbocycles. The maximum Gasteiger partial charge on any atom is 0.329 e. The average molecular weight is 294 g/mol. The Morgan fingerprint density at radius 3 is 2.33 bits per heavy atom. The predicted octanol–water partition coefficient (Wildman–Crippen LogP) is 1.17. The van der Waals surface area contributed by atoms with Gasteiger partial charge < -0.3 is 20.3 Å². The molecule has 21 heavy (non-hydrogen) atoms. The summed E-state index contributed by atoms with van der Waals surface area (Å²) >= 11 is 0. The minimum absolute atomic E-state index is 0.0963. The van der Waals surface area contributed by atoms with E-state index in [1.165, 1.54) is 24.1 Å². The molecule has 1 aliphatic rings. The molecule has 1 aliphatic heterocycles. The number of aromatic hydroxyl groups is 1. The second-order valence-electron chi connectivity index (χ2n) is 5.01. The van der Waals surface area contributed by atoms with Crippen LogP contribution in [-0.2, 0) is 9.53 Å². The van der Waals surface area contributed by atoms with Crippen LogP contribution >= 0.6 is 0 Å². The van der Waals surface area contributed by atoms with Crippen molar-refractivity contribution in [1.29, 1.82) is 0 Å². The Bertz CT molecular complexity index is 523. The van der Waals surface area contributed by atoms with Gasteiger partial charge in [-0.3, -0.25) is 4.90 Å². The molecule has 0 aromatic heterocycles. The second-order valence-corrected chi connectivity index (χ2v) is 5.01. The number of anilines is 1. The number of aliphatic carboxylic acids is 1. The van der Waals surface area contributed by atoms with Crippen LogP contribution in [0.5, 0.6) is 5.75 Å². The van der Waals surface area contributed by atoms with Gasteiger partial charge in [0.15, 0.2) is 0 Å². The van der Waals surface area contributed by atoms with Crippen LogP contribution < -0.4 is 10.2 Å². The lowest BCUT2D eigenvalue weighted by Gasteiger charge is -2.35. The number of nitrogens with zero attached hydrogens (tertiary/aromatic N) is 1. The smallest absolute Gasteiger partial charge is 0.329 e. The van der Waals surface area contributed by atoms with Crippen molar-refractivity contribution in [3.05, 3.63) is 24.3 Å². The number of benzene rings is 1. The number of carbonyl (C=O) groups excluding carboxylic acids is 1. The summed E-state index contributed by atoms with van der Waals surface area (Å²) in [5.74, 6) is -0.961. The van der Waals surface area contributed by atoms with Gasteiger partial charge in [-0.05, 0) is 24.3 Å². The quantitative estimate of drug-likeness (QED) is 0.777. The van der Waals surface area contributed by atoms with Crippen LogP contribution in [0.15, 0.2) is 24.3 Å². The highest BCUT2D eigenvalue weighted by atomic mass is 16.5. The van der Waals surface area contributed by atoms with Crippen molar-refractivity contribution in [3.8, 4) is 5.75 Å². The number of phenolic OH excluding ortho intramolecular Hbond substituents is 1. The van der Waals surface area contributed by atoms with E-state index in [0.29, 0.717) is 18.9 Å². The van der Waals surface area contributed by atoms with Crippen LogP contribution in [0.3, 0.4) is 0 Å². The zero-order chi connectivity index (χ0) is 15.5. The van der Waals surface area contributed by atoms with Gasteiger partial charge in [0.25, 0.3) is 0 Å². The van der Waals surface area contributed by atoms with Crippen molar-refractivity contribution in [3.63, 3.8) is 0 Å². The SMILES string of the molecule is CN(C(=O)NC1(C(=O)O)CCOCC1)c1ccc(O)cc1. The third kappa shape index (κ3) is 3.25. The minimum Gasteiger partial charge on any atom is -0.508 e. The summed E-state index contributed by atoms with van der Waals surface area (Å²) in [6.07, 6.45) is 0.467. The maximum absolute atomic E-state index is 12.3. The molecular formula is C14H18N2O5. The highest BCUT2D eigenvalue weighted by molar-refractivity contribution is 5.95. The van der Waals surface area contributed by atoms with E-state index in [1.807, 2.05) is 0 Å². The molecule has 1 heterocycles. The van der Waals surface area contributed by atoms with E-state index in [2.05, 4.69) is 5.32 Å². The summed E-state index contributed by atoms with van der Waals surface area (Å²) in [6.45, 7) is 0.602. The molecule has 2 rings (SSSR count). The van der Waals surface area contributed by atoms with Crippen molar-refractivity contribution in [2.45, 2.75) is 18.4 Å². The Morgan fingerprint density at radius 1 is 1.24 bits per heavy atom. The van der Waals surface area contributed by atoms with Crippen molar-refractivity contribution >= 4 is 17.7 Å². The van der Waals surface area contributed by atoms with Crippen LogP contribution in [0, 0.1) is 0 Å². The molecule has 2 amide bonds. The lowest BCUT2D eigenvalue weighted by atomic mass is 9.90. The first-order chi connectivity index (χ1) is 9.94. The molecule has 3 N–H and O–H groups in total. The first kappa shape index (κ1) is 15.1. The summed E-state index contributed by atoms with van der Waals surface area (Å²) in [7, 11) is 1.54.